The molecule has 18 heavy (non-hydrogen) atoms. The van der Waals surface area contributed by atoms with Crippen LogP contribution in [0.25, 0.3) is 0 Å². The van der Waals surface area contributed by atoms with Crippen LogP contribution in [0.3, 0.4) is 0 Å². The zero-order valence-electron chi connectivity index (χ0n) is 11.4. The first kappa shape index (κ1) is 13.3. The van der Waals surface area contributed by atoms with Crippen LogP contribution in [0.4, 0.5) is 0 Å². The first-order chi connectivity index (χ1) is 8.48. The van der Waals surface area contributed by atoms with Crippen molar-refractivity contribution in [1.29, 1.82) is 0 Å². The Balaban J connectivity index is 2.25. The summed E-state index contributed by atoms with van der Waals surface area (Å²) in [6.45, 7) is 6.84. The summed E-state index contributed by atoms with van der Waals surface area (Å²) in [5, 5.41) is 2.84. The van der Waals surface area contributed by atoms with Gasteiger partial charge >= 0.3 is 0 Å². The molecule has 5 nitrogen and oxygen atoms in total. The fourth-order valence-electron chi connectivity index (χ4n) is 2.80. The molecule has 2 amide bonds. The number of nitrogens with one attached hydrogen (secondary N) is 1. The van der Waals surface area contributed by atoms with Gasteiger partial charge in [0.05, 0.1) is 12.6 Å². The molecule has 0 spiro atoms. The maximum absolute atomic E-state index is 12.5. The summed E-state index contributed by atoms with van der Waals surface area (Å²) < 4.78 is 5.36. The van der Waals surface area contributed by atoms with Gasteiger partial charge in [-0.1, -0.05) is 13.3 Å². The van der Waals surface area contributed by atoms with Crippen LogP contribution >= 0.6 is 0 Å². The number of hydrogen-bond acceptors (Lipinski definition) is 3. The van der Waals surface area contributed by atoms with Crippen LogP contribution in [0, 0.1) is 0 Å². The average Bonchev–Trinajstić information content (AvgIpc) is 2.80. The number of ether oxygens (including phenoxy) is 1. The van der Waals surface area contributed by atoms with Gasteiger partial charge in [-0.05, 0) is 26.7 Å². The van der Waals surface area contributed by atoms with Gasteiger partial charge < -0.3 is 15.0 Å². The highest BCUT2D eigenvalue weighted by Gasteiger charge is 2.49. The normalized spacial score (nSPS) is 31.6. The van der Waals surface area contributed by atoms with E-state index in [1.807, 2.05) is 6.92 Å². The van der Waals surface area contributed by atoms with Crippen LogP contribution in [0.5, 0.6) is 0 Å². The standard InChI is InChI=1S/C13H22N2O3/c1-4-5-10-11(16)15(9-6-7-18-8-9)13(2,3)12(17)14-10/h9-10H,4-8H2,1-3H3,(H,14,17). The lowest BCUT2D eigenvalue weighted by molar-refractivity contribution is -0.158. The van der Waals surface area contributed by atoms with Gasteiger partial charge in [-0.3, -0.25) is 9.59 Å². The van der Waals surface area contributed by atoms with Gasteiger partial charge in [0.25, 0.3) is 0 Å². The van der Waals surface area contributed by atoms with Crippen molar-refractivity contribution in [2.24, 2.45) is 0 Å². The molecule has 0 bridgehead atoms. The monoisotopic (exact) mass is 254 g/mol. The maximum atomic E-state index is 12.5. The fourth-order valence-corrected chi connectivity index (χ4v) is 2.80. The number of carbonyl (C=O) groups excluding carboxylic acids is 2. The lowest BCUT2D eigenvalue weighted by Crippen LogP contribution is -2.70. The van der Waals surface area contributed by atoms with Crippen molar-refractivity contribution in [3.8, 4) is 0 Å². The van der Waals surface area contributed by atoms with Crippen LogP contribution in [0.2, 0.25) is 0 Å². The minimum Gasteiger partial charge on any atom is -0.379 e. The molecule has 2 aliphatic rings. The number of rotatable bonds is 3. The molecule has 102 valence electrons. The van der Waals surface area contributed by atoms with Gasteiger partial charge in [0.2, 0.25) is 11.8 Å². The molecule has 2 fully saturated rings. The van der Waals surface area contributed by atoms with E-state index in [0.717, 1.165) is 12.8 Å². The second-order valence-electron chi connectivity index (χ2n) is 5.60. The smallest absolute Gasteiger partial charge is 0.246 e. The Morgan fingerprint density at radius 1 is 1.44 bits per heavy atom. The Morgan fingerprint density at radius 2 is 2.17 bits per heavy atom. The first-order valence-electron chi connectivity index (χ1n) is 6.70. The molecule has 0 saturated carbocycles. The van der Waals surface area contributed by atoms with E-state index >= 15 is 0 Å². The summed E-state index contributed by atoms with van der Waals surface area (Å²) >= 11 is 0. The van der Waals surface area contributed by atoms with E-state index in [0.29, 0.717) is 19.6 Å². The summed E-state index contributed by atoms with van der Waals surface area (Å²) in [4.78, 5) is 26.4. The highest BCUT2D eigenvalue weighted by atomic mass is 16.5. The summed E-state index contributed by atoms with van der Waals surface area (Å²) in [6.07, 6.45) is 2.40. The molecular weight excluding hydrogens is 232 g/mol. The molecule has 2 aliphatic heterocycles. The minimum absolute atomic E-state index is 0.0388. The third-order valence-corrected chi connectivity index (χ3v) is 3.85. The molecule has 0 aromatic heterocycles. The second-order valence-corrected chi connectivity index (χ2v) is 5.60. The summed E-state index contributed by atoms with van der Waals surface area (Å²) in [5.41, 5.74) is -0.778. The number of carbonyl (C=O) groups is 2. The zero-order chi connectivity index (χ0) is 13.3. The van der Waals surface area contributed by atoms with Crippen molar-refractivity contribution in [2.45, 2.75) is 57.7 Å². The molecular formula is C13H22N2O3. The van der Waals surface area contributed by atoms with E-state index in [4.69, 9.17) is 4.74 Å². The number of piperazine rings is 1. The fraction of sp³-hybridized carbons (Fsp3) is 0.846. The molecule has 2 rings (SSSR count). The molecule has 0 aliphatic carbocycles. The van der Waals surface area contributed by atoms with E-state index in [-0.39, 0.29) is 23.9 Å². The van der Waals surface area contributed by atoms with E-state index in [9.17, 15) is 9.59 Å². The summed E-state index contributed by atoms with van der Waals surface area (Å²) in [5.74, 6) is -0.0237. The van der Waals surface area contributed by atoms with Crippen LogP contribution in [-0.4, -0.2) is 47.6 Å². The Morgan fingerprint density at radius 3 is 2.72 bits per heavy atom. The highest BCUT2D eigenvalue weighted by Crippen LogP contribution is 2.28. The topological polar surface area (TPSA) is 58.6 Å². The Bertz CT molecular complexity index is 348. The van der Waals surface area contributed by atoms with Gasteiger partial charge in [0, 0.05) is 6.61 Å². The van der Waals surface area contributed by atoms with E-state index in [2.05, 4.69) is 5.32 Å². The number of hydrogen-bond donors (Lipinski definition) is 1. The average molecular weight is 254 g/mol. The highest BCUT2D eigenvalue weighted by molar-refractivity contribution is 5.99. The first-order valence-corrected chi connectivity index (χ1v) is 6.70. The summed E-state index contributed by atoms with van der Waals surface area (Å²) in [7, 11) is 0. The molecule has 0 aromatic carbocycles. The SMILES string of the molecule is CCCC1NC(=O)C(C)(C)N(C2CCOC2)C1=O. The second kappa shape index (κ2) is 4.88. The van der Waals surface area contributed by atoms with Crippen molar-refractivity contribution in [3.05, 3.63) is 0 Å². The predicted octanol–water partition coefficient (Wildman–Crippen LogP) is 0.681. The van der Waals surface area contributed by atoms with Gasteiger partial charge in [0.15, 0.2) is 0 Å². The van der Waals surface area contributed by atoms with Gasteiger partial charge in [-0.25, -0.2) is 0 Å². The number of nitrogens with zero attached hydrogens (tertiary/aromatic N) is 1. The number of amides is 2. The van der Waals surface area contributed by atoms with Crippen molar-refractivity contribution >= 4 is 11.8 Å². The quantitative estimate of drug-likeness (QED) is 0.806. The Hall–Kier alpha value is -1.10. The zero-order valence-corrected chi connectivity index (χ0v) is 11.4. The molecule has 5 heteroatoms. The van der Waals surface area contributed by atoms with Gasteiger partial charge in [-0.15, -0.1) is 0 Å². The van der Waals surface area contributed by atoms with Crippen molar-refractivity contribution < 1.29 is 14.3 Å². The molecule has 2 saturated heterocycles. The Labute approximate surface area is 108 Å². The van der Waals surface area contributed by atoms with Crippen LogP contribution < -0.4 is 5.32 Å². The maximum Gasteiger partial charge on any atom is 0.246 e. The summed E-state index contributed by atoms with van der Waals surface area (Å²) in [6, 6.07) is -0.325. The third kappa shape index (κ3) is 2.11. The van der Waals surface area contributed by atoms with E-state index < -0.39 is 5.54 Å². The van der Waals surface area contributed by atoms with Crippen molar-refractivity contribution in [1.82, 2.24) is 10.2 Å². The van der Waals surface area contributed by atoms with Gasteiger partial charge in [-0.2, -0.15) is 0 Å². The van der Waals surface area contributed by atoms with E-state index in [1.165, 1.54) is 0 Å². The molecule has 2 atom stereocenters. The lowest BCUT2D eigenvalue weighted by atomic mass is 9.91. The van der Waals surface area contributed by atoms with Crippen molar-refractivity contribution in [2.75, 3.05) is 13.2 Å². The molecule has 0 aromatic rings. The van der Waals surface area contributed by atoms with Gasteiger partial charge in [0.1, 0.15) is 11.6 Å². The molecule has 1 N–H and O–H groups in total. The van der Waals surface area contributed by atoms with Crippen molar-refractivity contribution in [3.63, 3.8) is 0 Å². The minimum atomic E-state index is -0.778. The Kier molecular flexibility index (Phi) is 3.61. The molecule has 2 unspecified atom stereocenters. The largest absolute Gasteiger partial charge is 0.379 e. The van der Waals surface area contributed by atoms with Crippen LogP contribution in [0.15, 0.2) is 0 Å². The molecule has 2 heterocycles. The third-order valence-electron chi connectivity index (χ3n) is 3.85. The molecule has 0 radical (unpaired) electrons. The van der Waals surface area contributed by atoms with Crippen LogP contribution in [-0.2, 0) is 14.3 Å². The van der Waals surface area contributed by atoms with Crippen LogP contribution in [0.1, 0.15) is 40.0 Å². The lowest BCUT2D eigenvalue weighted by Gasteiger charge is -2.47. The predicted molar refractivity (Wildman–Crippen MR) is 67.0 cm³/mol. The van der Waals surface area contributed by atoms with E-state index in [1.54, 1.807) is 18.7 Å².